The van der Waals surface area contributed by atoms with E-state index in [0.717, 1.165) is 0 Å². The molecule has 0 saturated carbocycles. The summed E-state index contributed by atoms with van der Waals surface area (Å²) in [4.78, 5) is 0. The van der Waals surface area contributed by atoms with Crippen molar-refractivity contribution in [1.29, 1.82) is 0 Å². The van der Waals surface area contributed by atoms with Crippen LogP contribution in [0.1, 0.15) is 0 Å². The second-order valence-electron chi connectivity index (χ2n) is 2.83. The van der Waals surface area contributed by atoms with E-state index in [1.165, 1.54) is 0 Å². The van der Waals surface area contributed by atoms with Crippen LogP contribution in [-0.2, 0) is 0 Å². The molecule has 0 aliphatic heterocycles. The molecule has 0 aliphatic carbocycles. The smallest absolute Gasteiger partial charge is 0.0592 e. The molecule has 0 heterocycles. The minimum Gasteiger partial charge on any atom is -0.412 e. The summed E-state index contributed by atoms with van der Waals surface area (Å²) < 4.78 is 0. The summed E-state index contributed by atoms with van der Waals surface area (Å²) in [6.07, 6.45) is 0. The van der Waals surface area contributed by atoms with Gasteiger partial charge >= 0.3 is 0 Å². The van der Waals surface area contributed by atoms with Crippen LogP contribution in [0.3, 0.4) is 0 Å². The minimum absolute atomic E-state index is 0. The Labute approximate surface area is 120 Å². The quantitative estimate of drug-likeness (QED) is 0.643. The van der Waals surface area contributed by atoms with Crippen molar-refractivity contribution in [1.82, 2.24) is 0 Å². The van der Waals surface area contributed by atoms with Crippen molar-refractivity contribution in [2.45, 2.75) is 0 Å². The van der Waals surface area contributed by atoms with E-state index in [1.54, 1.807) is 24.3 Å². The zero-order chi connectivity index (χ0) is 12.0. The summed E-state index contributed by atoms with van der Waals surface area (Å²) in [7, 11) is 0. The molecule has 0 saturated heterocycles. The van der Waals surface area contributed by atoms with Gasteiger partial charge in [0.2, 0.25) is 0 Å². The van der Waals surface area contributed by atoms with Gasteiger partial charge in [0.25, 0.3) is 0 Å². The first-order valence-electron chi connectivity index (χ1n) is 4.41. The average Bonchev–Trinajstić information content (AvgIpc) is 2.28. The van der Waals surface area contributed by atoms with Crippen molar-refractivity contribution in [2.75, 3.05) is 0 Å². The second kappa shape index (κ2) is 8.62. The molecule has 0 radical (unpaired) electrons. The standard InChI is InChI=1S/2C6H4Cl2.H2O/c2*7-5-3-1-2-4-6(5)8;/h2*1-4H;1H2. The Balaban J connectivity index is 0.000000284. The summed E-state index contributed by atoms with van der Waals surface area (Å²) in [5, 5.41) is 2.42. The number of hydrogen-bond acceptors (Lipinski definition) is 0. The van der Waals surface area contributed by atoms with Gasteiger partial charge in [-0.3, -0.25) is 0 Å². The zero-order valence-electron chi connectivity index (χ0n) is 8.63. The highest BCUT2D eigenvalue weighted by Crippen LogP contribution is 2.19. The van der Waals surface area contributed by atoms with Gasteiger partial charge in [-0.05, 0) is 24.3 Å². The third-order valence-corrected chi connectivity index (χ3v) is 3.16. The topological polar surface area (TPSA) is 31.5 Å². The lowest BCUT2D eigenvalue weighted by Gasteiger charge is -1.88. The molecule has 92 valence electrons. The van der Waals surface area contributed by atoms with E-state index in [9.17, 15) is 0 Å². The third kappa shape index (κ3) is 6.16. The maximum Gasteiger partial charge on any atom is 0.0592 e. The van der Waals surface area contributed by atoms with E-state index in [1.807, 2.05) is 24.3 Å². The lowest BCUT2D eigenvalue weighted by Crippen LogP contribution is -1.62. The lowest BCUT2D eigenvalue weighted by atomic mass is 10.4. The lowest BCUT2D eigenvalue weighted by molar-refractivity contribution is 0.824. The highest BCUT2D eigenvalue weighted by molar-refractivity contribution is 6.42. The van der Waals surface area contributed by atoms with Crippen molar-refractivity contribution in [3.05, 3.63) is 68.6 Å². The van der Waals surface area contributed by atoms with Gasteiger partial charge < -0.3 is 5.48 Å². The highest BCUT2D eigenvalue weighted by atomic mass is 35.5. The molecule has 0 fully saturated rings. The van der Waals surface area contributed by atoms with E-state index in [-0.39, 0.29) is 5.48 Å². The Bertz CT molecular complexity index is 374. The third-order valence-electron chi connectivity index (χ3n) is 1.65. The predicted molar refractivity (Wildman–Crippen MR) is 76.5 cm³/mol. The molecule has 0 atom stereocenters. The van der Waals surface area contributed by atoms with Crippen LogP contribution in [0.2, 0.25) is 20.1 Å². The number of benzene rings is 2. The number of rotatable bonds is 0. The first-order chi connectivity index (χ1) is 7.61. The molecule has 5 heteroatoms. The highest BCUT2D eigenvalue weighted by Gasteiger charge is 1.89. The number of halogens is 4. The van der Waals surface area contributed by atoms with Crippen LogP contribution < -0.4 is 0 Å². The van der Waals surface area contributed by atoms with Crippen molar-refractivity contribution in [3.8, 4) is 0 Å². The molecule has 2 aromatic carbocycles. The van der Waals surface area contributed by atoms with Crippen LogP contribution in [0.25, 0.3) is 0 Å². The van der Waals surface area contributed by atoms with Crippen molar-refractivity contribution < 1.29 is 5.48 Å². The second-order valence-corrected chi connectivity index (χ2v) is 4.46. The normalized spacial score (nSPS) is 8.71. The fraction of sp³-hybridized carbons (Fsp3) is 0. The molecule has 0 aromatic heterocycles. The van der Waals surface area contributed by atoms with Crippen LogP contribution >= 0.6 is 46.4 Å². The molecule has 0 amide bonds. The molecule has 1 nitrogen and oxygen atoms in total. The van der Waals surface area contributed by atoms with Crippen LogP contribution in [-0.4, -0.2) is 5.48 Å². The van der Waals surface area contributed by atoms with E-state index >= 15 is 0 Å². The summed E-state index contributed by atoms with van der Waals surface area (Å²) >= 11 is 22.3. The van der Waals surface area contributed by atoms with Gasteiger partial charge in [0.15, 0.2) is 0 Å². The Kier molecular flexibility index (Phi) is 8.40. The van der Waals surface area contributed by atoms with Gasteiger partial charge in [-0.1, -0.05) is 70.7 Å². The fourth-order valence-corrected chi connectivity index (χ4v) is 1.42. The van der Waals surface area contributed by atoms with E-state index < -0.39 is 0 Å². The Morgan fingerprint density at radius 2 is 0.647 bits per heavy atom. The van der Waals surface area contributed by atoms with Crippen LogP contribution in [0.5, 0.6) is 0 Å². The average molecular weight is 312 g/mol. The van der Waals surface area contributed by atoms with Gasteiger partial charge in [0.05, 0.1) is 20.1 Å². The van der Waals surface area contributed by atoms with Crippen molar-refractivity contribution in [3.63, 3.8) is 0 Å². The van der Waals surface area contributed by atoms with Crippen molar-refractivity contribution >= 4 is 46.4 Å². The summed E-state index contributed by atoms with van der Waals surface area (Å²) in [5.74, 6) is 0. The molecule has 2 rings (SSSR count). The Morgan fingerprint density at radius 3 is 0.765 bits per heavy atom. The SMILES string of the molecule is Clc1ccccc1Cl.Clc1ccccc1Cl.O. The maximum absolute atomic E-state index is 5.58. The molecule has 0 bridgehead atoms. The van der Waals surface area contributed by atoms with Gasteiger partial charge in [-0.15, -0.1) is 0 Å². The first-order valence-corrected chi connectivity index (χ1v) is 5.92. The molecular formula is C12H10Cl4O. The van der Waals surface area contributed by atoms with E-state index in [4.69, 9.17) is 46.4 Å². The van der Waals surface area contributed by atoms with Gasteiger partial charge in [-0.25, -0.2) is 0 Å². The summed E-state index contributed by atoms with van der Waals surface area (Å²) in [6, 6.07) is 14.4. The Morgan fingerprint density at radius 1 is 0.471 bits per heavy atom. The zero-order valence-corrected chi connectivity index (χ0v) is 11.7. The maximum atomic E-state index is 5.58. The largest absolute Gasteiger partial charge is 0.412 e. The van der Waals surface area contributed by atoms with E-state index in [2.05, 4.69) is 0 Å². The molecule has 17 heavy (non-hydrogen) atoms. The van der Waals surface area contributed by atoms with Gasteiger partial charge in [0.1, 0.15) is 0 Å². The molecular weight excluding hydrogens is 302 g/mol. The van der Waals surface area contributed by atoms with Crippen LogP contribution in [0, 0.1) is 0 Å². The van der Waals surface area contributed by atoms with Gasteiger partial charge in [0, 0.05) is 0 Å². The molecule has 0 spiro atoms. The van der Waals surface area contributed by atoms with Crippen LogP contribution in [0.4, 0.5) is 0 Å². The first kappa shape index (κ1) is 16.6. The summed E-state index contributed by atoms with van der Waals surface area (Å²) in [6.45, 7) is 0. The fourth-order valence-electron chi connectivity index (χ4n) is 0.879. The molecule has 0 unspecified atom stereocenters. The van der Waals surface area contributed by atoms with E-state index in [0.29, 0.717) is 20.1 Å². The Hall–Kier alpha value is -0.440. The molecule has 2 aromatic rings. The monoisotopic (exact) mass is 310 g/mol. The minimum atomic E-state index is 0. The van der Waals surface area contributed by atoms with Crippen LogP contribution in [0.15, 0.2) is 48.5 Å². The molecule has 2 N–H and O–H groups in total. The van der Waals surface area contributed by atoms with Crippen molar-refractivity contribution in [2.24, 2.45) is 0 Å². The number of hydrogen-bond donors (Lipinski definition) is 0. The molecule has 0 aliphatic rings. The summed E-state index contributed by atoms with van der Waals surface area (Å²) in [5.41, 5.74) is 0. The van der Waals surface area contributed by atoms with Gasteiger partial charge in [-0.2, -0.15) is 0 Å². The predicted octanol–water partition coefficient (Wildman–Crippen LogP) is 5.16.